The van der Waals surface area contributed by atoms with Gasteiger partial charge in [-0.05, 0) is 37.8 Å². The molecule has 1 N–H and O–H groups in total. The summed E-state index contributed by atoms with van der Waals surface area (Å²) >= 11 is 0. The molecule has 90 valence electrons. The van der Waals surface area contributed by atoms with Crippen LogP contribution >= 0.6 is 0 Å². The molecule has 0 bridgehead atoms. The zero-order chi connectivity index (χ0) is 10.9. The Morgan fingerprint density at radius 3 is 2.40 bits per heavy atom. The highest BCUT2D eigenvalue weighted by atomic mass is 14.9. The van der Waals surface area contributed by atoms with Gasteiger partial charge in [-0.3, -0.25) is 0 Å². The lowest BCUT2D eigenvalue weighted by Gasteiger charge is -2.30. The van der Waals surface area contributed by atoms with E-state index in [1.54, 1.807) is 0 Å². The van der Waals surface area contributed by atoms with Crippen LogP contribution in [0.3, 0.4) is 0 Å². The first-order valence-electron chi connectivity index (χ1n) is 7.09. The second kappa shape index (κ2) is 8.15. The first-order chi connectivity index (χ1) is 7.38. The second-order valence-corrected chi connectivity index (χ2v) is 5.15. The van der Waals surface area contributed by atoms with Gasteiger partial charge in [0.05, 0.1) is 0 Å². The summed E-state index contributed by atoms with van der Waals surface area (Å²) in [6.07, 6.45) is 11.5. The Labute approximate surface area is 96.0 Å². The van der Waals surface area contributed by atoms with Gasteiger partial charge in [-0.25, -0.2) is 0 Å². The van der Waals surface area contributed by atoms with Crippen LogP contribution in [0.15, 0.2) is 0 Å². The molecule has 0 heterocycles. The summed E-state index contributed by atoms with van der Waals surface area (Å²) in [7, 11) is 0. The first kappa shape index (κ1) is 13.0. The van der Waals surface area contributed by atoms with Crippen LogP contribution in [-0.2, 0) is 0 Å². The predicted octanol–water partition coefficient (Wildman–Crippen LogP) is 3.98. The van der Waals surface area contributed by atoms with Gasteiger partial charge in [0.15, 0.2) is 0 Å². The molecule has 1 unspecified atom stereocenters. The topological polar surface area (TPSA) is 12.0 Å². The molecule has 0 spiro atoms. The van der Waals surface area contributed by atoms with Gasteiger partial charge in [-0.1, -0.05) is 52.4 Å². The number of hydrogen-bond acceptors (Lipinski definition) is 1. The minimum absolute atomic E-state index is 0.960. The van der Waals surface area contributed by atoms with Gasteiger partial charge in [-0.15, -0.1) is 0 Å². The van der Waals surface area contributed by atoms with Crippen molar-refractivity contribution in [2.75, 3.05) is 13.1 Å². The van der Waals surface area contributed by atoms with Crippen LogP contribution in [-0.4, -0.2) is 13.1 Å². The summed E-state index contributed by atoms with van der Waals surface area (Å²) in [5.41, 5.74) is 0. The molecule has 1 aliphatic carbocycles. The summed E-state index contributed by atoms with van der Waals surface area (Å²) in [5, 5.41) is 3.62. The molecule has 1 rings (SSSR count). The zero-order valence-corrected chi connectivity index (χ0v) is 10.7. The van der Waals surface area contributed by atoms with E-state index in [0.717, 1.165) is 11.8 Å². The summed E-state index contributed by atoms with van der Waals surface area (Å²) in [6.45, 7) is 7.05. The quantitative estimate of drug-likeness (QED) is 0.628. The van der Waals surface area contributed by atoms with Crippen molar-refractivity contribution < 1.29 is 0 Å². The third-order valence-electron chi connectivity index (χ3n) is 3.81. The summed E-state index contributed by atoms with van der Waals surface area (Å²) < 4.78 is 0. The van der Waals surface area contributed by atoms with Gasteiger partial charge in [0.1, 0.15) is 0 Å². The van der Waals surface area contributed by atoms with Crippen molar-refractivity contribution in [3.63, 3.8) is 0 Å². The van der Waals surface area contributed by atoms with Crippen LogP contribution in [0.4, 0.5) is 0 Å². The van der Waals surface area contributed by atoms with Crippen LogP contribution in [0.2, 0.25) is 0 Å². The third kappa shape index (κ3) is 5.01. The van der Waals surface area contributed by atoms with Crippen LogP contribution in [0.5, 0.6) is 0 Å². The van der Waals surface area contributed by atoms with E-state index >= 15 is 0 Å². The Balaban J connectivity index is 2.26. The average Bonchev–Trinajstić information content (AvgIpc) is 2.29. The molecule has 0 aromatic carbocycles. The standard InChI is InChI=1S/C14H29N/c1-3-8-14(12-15-11-4-2)13-9-6-5-7-10-13/h13-15H,3-12H2,1-2H3. The average molecular weight is 211 g/mol. The molecule has 0 saturated heterocycles. The van der Waals surface area contributed by atoms with Gasteiger partial charge < -0.3 is 5.32 Å². The SMILES string of the molecule is CCCNCC(CCC)C1CCCCC1. The van der Waals surface area contributed by atoms with Crippen LogP contribution in [0.1, 0.15) is 65.2 Å². The molecule has 1 fully saturated rings. The molecule has 1 nitrogen and oxygen atoms in total. The summed E-state index contributed by atoms with van der Waals surface area (Å²) in [6, 6.07) is 0. The maximum Gasteiger partial charge on any atom is -0.00179 e. The molecular formula is C14H29N. The summed E-state index contributed by atoms with van der Waals surface area (Å²) in [4.78, 5) is 0. The molecule has 1 aliphatic rings. The Morgan fingerprint density at radius 1 is 1.07 bits per heavy atom. The lowest BCUT2D eigenvalue weighted by atomic mass is 9.78. The molecule has 1 heteroatoms. The van der Waals surface area contributed by atoms with E-state index < -0.39 is 0 Å². The largest absolute Gasteiger partial charge is 0.316 e. The molecule has 0 aromatic heterocycles. The smallest absolute Gasteiger partial charge is 0.00179 e. The normalized spacial score (nSPS) is 20.4. The van der Waals surface area contributed by atoms with Crippen molar-refractivity contribution in [3.05, 3.63) is 0 Å². The lowest BCUT2D eigenvalue weighted by molar-refractivity contribution is 0.228. The molecule has 0 aliphatic heterocycles. The molecule has 0 radical (unpaired) electrons. The second-order valence-electron chi connectivity index (χ2n) is 5.15. The molecule has 1 atom stereocenters. The monoisotopic (exact) mass is 211 g/mol. The van der Waals surface area contributed by atoms with Crippen molar-refractivity contribution >= 4 is 0 Å². The highest BCUT2D eigenvalue weighted by molar-refractivity contribution is 4.75. The van der Waals surface area contributed by atoms with Crippen LogP contribution in [0.25, 0.3) is 0 Å². The number of rotatable bonds is 7. The Bertz CT molecular complexity index is 138. The van der Waals surface area contributed by atoms with E-state index in [9.17, 15) is 0 Å². The van der Waals surface area contributed by atoms with E-state index in [1.807, 2.05) is 0 Å². The van der Waals surface area contributed by atoms with Gasteiger partial charge in [0.2, 0.25) is 0 Å². The van der Waals surface area contributed by atoms with Crippen molar-refractivity contribution in [2.24, 2.45) is 11.8 Å². The van der Waals surface area contributed by atoms with Crippen molar-refractivity contribution in [1.82, 2.24) is 5.32 Å². The Kier molecular flexibility index (Phi) is 7.08. The van der Waals surface area contributed by atoms with E-state index in [0.29, 0.717) is 0 Å². The Hall–Kier alpha value is -0.0400. The molecule has 1 saturated carbocycles. The van der Waals surface area contributed by atoms with Crippen molar-refractivity contribution in [2.45, 2.75) is 65.2 Å². The van der Waals surface area contributed by atoms with E-state index in [1.165, 1.54) is 64.5 Å². The van der Waals surface area contributed by atoms with Gasteiger partial charge in [0, 0.05) is 0 Å². The fourth-order valence-electron chi connectivity index (χ4n) is 2.95. The zero-order valence-electron chi connectivity index (χ0n) is 10.7. The van der Waals surface area contributed by atoms with Crippen LogP contribution < -0.4 is 5.32 Å². The fraction of sp³-hybridized carbons (Fsp3) is 1.00. The van der Waals surface area contributed by atoms with Crippen molar-refractivity contribution in [3.8, 4) is 0 Å². The predicted molar refractivity (Wildman–Crippen MR) is 68.1 cm³/mol. The van der Waals surface area contributed by atoms with E-state index in [4.69, 9.17) is 0 Å². The van der Waals surface area contributed by atoms with Crippen molar-refractivity contribution in [1.29, 1.82) is 0 Å². The van der Waals surface area contributed by atoms with Gasteiger partial charge in [0.25, 0.3) is 0 Å². The third-order valence-corrected chi connectivity index (χ3v) is 3.81. The van der Waals surface area contributed by atoms with E-state index in [2.05, 4.69) is 19.2 Å². The highest BCUT2D eigenvalue weighted by Crippen LogP contribution is 2.31. The minimum Gasteiger partial charge on any atom is -0.316 e. The fourth-order valence-corrected chi connectivity index (χ4v) is 2.95. The molecular weight excluding hydrogens is 182 g/mol. The molecule has 0 aromatic rings. The maximum absolute atomic E-state index is 3.62. The first-order valence-corrected chi connectivity index (χ1v) is 7.09. The minimum atomic E-state index is 0.960. The van der Waals surface area contributed by atoms with Gasteiger partial charge in [-0.2, -0.15) is 0 Å². The van der Waals surface area contributed by atoms with E-state index in [-0.39, 0.29) is 0 Å². The van der Waals surface area contributed by atoms with Crippen LogP contribution in [0, 0.1) is 11.8 Å². The van der Waals surface area contributed by atoms with Gasteiger partial charge >= 0.3 is 0 Å². The number of hydrogen-bond donors (Lipinski definition) is 1. The lowest BCUT2D eigenvalue weighted by Crippen LogP contribution is -2.30. The molecule has 0 amide bonds. The Morgan fingerprint density at radius 2 is 1.80 bits per heavy atom. The number of nitrogens with one attached hydrogen (secondary N) is 1. The molecule has 15 heavy (non-hydrogen) atoms. The summed E-state index contributed by atoms with van der Waals surface area (Å²) in [5.74, 6) is 1.99. The maximum atomic E-state index is 3.62. The highest BCUT2D eigenvalue weighted by Gasteiger charge is 2.22.